The van der Waals surface area contributed by atoms with Gasteiger partial charge in [0.1, 0.15) is 11.0 Å². The summed E-state index contributed by atoms with van der Waals surface area (Å²) >= 11 is 0. The molecule has 0 aliphatic heterocycles. The summed E-state index contributed by atoms with van der Waals surface area (Å²) in [7, 11) is 0. The summed E-state index contributed by atoms with van der Waals surface area (Å²) in [5.41, 5.74) is 7.36. The molecule has 4 rings (SSSR count). The molecule has 0 radical (unpaired) electrons. The predicted octanol–water partition coefficient (Wildman–Crippen LogP) is 5.10. The van der Waals surface area contributed by atoms with Gasteiger partial charge in [-0.05, 0) is 65.0 Å². The quantitative estimate of drug-likeness (QED) is 0.452. The van der Waals surface area contributed by atoms with Gasteiger partial charge >= 0.3 is 0 Å². The van der Waals surface area contributed by atoms with E-state index in [-0.39, 0.29) is 6.04 Å². The molecule has 160 valence electrons. The van der Waals surface area contributed by atoms with E-state index in [1.54, 1.807) is 6.20 Å². The summed E-state index contributed by atoms with van der Waals surface area (Å²) in [5.74, 6) is 0.581. The highest BCUT2D eigenvalue weighted by atomic mass is 16.5. The Kier molecular flexibility index (Phi) is 5.84. The number of aryl methyl sites for hydroxylation is 2. The normalized spacial score (nSPS) is 11.3. The zero-order valence-corrected chi connectivity index (χ0v) is 18.7. The van der Waals surface area contributed by atoms with E-state index in [0.29, 0.717) is 19.0 Å². The van der Waals surface area contributed by atoms with Crippen molar-refractivity contribution in [1.29, 1.82) is 0 Å². The molecule has 0 saturated carbocycles. The second-order valence-corrected chi connectivity index (χ2v) is 7.79. The Hall–Kier alpha value is -3.48. The minimum Gasteiger partial charge on any atom is -0.477 e. The Bertz CT molecular complexity index is 1210. The first kappa shape index (κ1) is 20.8. The van der Waals surface area contributed by atoms with Gasteiger partial charge in [0.2, 0.25) is 5.88 Å². The molecule has 0 unspecified atom stereocenters. The second kappa shape index (κ2) is 8.71. The number of nitrogens with one attached hydrogen (secondary N) is 1. The Labute approximate surface area is 182 Å². The zero-order valence-electron chi connectivity index (χ0n) is 18.7. The number of hydrogen-bond donors (Lipinski definition) is 1. The second-order valence-electron chi connectivity index (χ2n) is 7.79. The van der Waals surface area contributed by atoms with Gasteiger partial charge in [-0.2, -0.15) is 5.10 Å². The van der Waals surface area contributed by atoms with Crippen molar-refractivity contribution in [1.82, 2.24) is 24.7 Å². The van der Waals surface area contributed by atoms with Crippen molar-refractivity contribution >= 4 is 16.7 Å². The maximum atomic E-state index is 5.76. The first-order valence-corrected chi connectivity index (χ1v) is 10.6. The highest BCUT2D eigenvalue weighted by Gasteiger charge is 2.19. The van der Waals surface area contributed by atoms with Crippen molar-refractivity contribution in [3.8, 4) is 17.1 Å². The van der Waals surface area contributed by atoms with Gasteiger partial charge in [-0.1, -0.05) is 6.07 Å². The van der Waals surface area contributed by atoms with Crippen molar-refractivity contribution in [3.63, 3.8) is 0 Å². The minimum absolute atomic E-state index is 0.207. The lowest BCUT2D eigenvalue weighted by Gasteiger charge is -2.15. The van der Waals surface area contributed by atoms with Gasteiger partial charge in [-0.3, -0.25) is 9.67 Å². The SMILES string of the molecule is CCOc1ncccc1-c1cc(NCc2cccc(C)n2)c2c(n1)c(C)nn2C(C)C. The van der Waals surface area contributed by atoms with Crippen LogP contribution in [0.25, 0.3) is 22.3 Å². The van der Waals surface area contributed by atoms with Crippen molar-refractivity contribution < 1.29 is 4.74 Å². The third-order valence-electron chi connectivity index (χ3n) is 5.05. The molecule has 0 atom stereocenters. The fourth-order valence-electron chi connectivity index (χ4n) is 3.65. The molecular formula is C24H28N6O. The summed E-state index contributed by atoms with van der Waals surface area (Å²) in [6.45, 7) is 11.3. The van der Waals surface area contributed by atoms with Gasteiger partial charge in [-0.25, -0.2) is 9.97 Å². The van der Waals surface area contributed by atoms with Gasteiger partial charge in [0.05, 0.1) is 41.5 Å². The molecule has 0 aliphatic carbocycles. The Balaban J connectivity index is 1.85. The Morgan fingerprint density at radius 1 is 1.10 bits per heavy atom. The molecule has 4 aromatic rings. The van der Waals surface area contributed by atoms with Crippen molar-refractivity contribution in [2.24, 2.45) is 0 Å². The monoisotopic (exact) mass is 416 g/mol. The topological polar surface area (TPSA) is 77.8 Å². The third-order valence-corrected chi connectivity index (χ3v) is 5.05. The smallest absolute Gasteiger partial charge is 0.222 e. The fraction of sp³-hybridized carbons (Fsp3) is 0.333. The number of rotatable bonds is 7. The number of hydrogen-bond acceptors (Lipinski definition) is 6. The predicted molar refractivity (Wildman–Crippen MR) is 123 cm³/mol. The summed E-state index contributed by atoms with van der Waals surface area (Å²) in [6, 6.07) is 12.2. The van der Waals surface area contributed by atoms with E-state index in [0.717, 1.165) is 45.1 Å². The van der Waals surface area contributed by atoms with Crippen LogP contribution < -0.4 is 10.1 Å². The molecule has 0 amide bonds. The summed E-state index contributed by atoms with van der Waals surface area (Å²) < 4.78 is 7.79. The lowest BCUT2D eigenvalue weighted by Crippen LogP contribution is -2.08. The molecule has 0 aromatic carbocycles. The molecule has 4 aromatic heterocycles. The largest absolute Gasteiger partial charge is 0.477 e. The van der Waals surface area contributed by atoms with E-state index >= 15 is 0 Å². The van der Waals surface area contributed by atoms with Crippen LogP contribution in [-0.2, 0) is 6.54 Å². The van der Waals surface area contributed by atoms with Crippen LogP contribution in [0.15, 0.2) is 42.6 Å². The van der Waals surface area contributed by atoms with E-state index in [4.69, 9.17) is 14.8 Å². The van der Waals surface area contributed by atoms with Gasteiger partial charge in [-0.15, -0.1) is 0 Å². The van der Waals surface area contributed by atoms with E-state index < -0.39 is 0 Å². The molecule has 0 spiro atoms. The lowest BCUT2D eigenvalue weighted by molar-refractivity contribution is 0.328. The van der Waals surface area contributed by atoms with Crippen LogP contribution in [-0.4, -0.2) is 31.3 Å². The molecule has 1 N–H and O–H groups in total. The molecule has 0 aliphatic rings. The molecule has 0 fully saturated rings. The van der Waals surface area contributed by atoms with Crippen LogP contribution in [0, 0.1) is 13.8 Å². The molecule has 4 heterocycles. The number of anilines is 1. The fourth-order valence-corrected chi connectivity index (χ4v) is 3.65. The number of nitrogens with zero attached hydrogens (tertiary/aromatic N) is 5. The average molecular weight is 417 g/mol. The van der Waals surface area contributed by atoms with E-state index in [1.165, 1.54) is 0 Å². The number of aromatic nitrogens is 5. The summed E-state index contributed by atoms with van der Waals surface area (Å²) in [4.78, 5) is 14.0. The lowest BCUT2D eigenvalue weighted by atomic mass is 10.1. The molecule has 7 nitrogen and oxygen atoms in total. The first-order valence-electron chi connectivity index (χ1n) is 10.6. The first-order chi connectivity index (χ1) is 15.0. The molecule has 0 bridgehead atoms. The maximum Gasteiger partial charge on any atom is 0.222 e. The van der Waals surface area contributed by atoms with Crippen LogP contribution >= 0.6 is 0 Å². The number of ether oxygens (including phenoxy) is 1. The van der Waals surface area contributed by atoms with Crippen LogP contribution in [0.1, 0.15) is 43.9 Å². The van der Waals surface area contributed by atoms with Gasteiger partial charge < -0.3 is 10.1 Å². The summed E-state index contributed by atoms with van der Waals surface area (Å²) in [6.07, 6.45) is 1.73. The van der Waals surface area contributed by atoms with Crippen LogP contribution in [0.5, 0.6) is 5.88 Å². The number of fused-ring (bicyclic) bond motifs is 1. The van der Waals surface area contributed by atoms with E-state index in [9.17, 15) is 0 Å². The summed E-state index contributed by atoms with van der Waals surface area (Å²) in [5, 5.41) is 8.34. The van der Waals surface area contributed by atoms with Gasteiger partial charge in [0, 0.05) is 17.9 Å². The molecule has 31 heavy (non-hydrogen) atoms. The van der Waals surface area contributed by atoms with E-state index in [1.807, 2.05) is 55.8 Å². The zero-order chi connectivity index (χ0) is 22.0. The van der Waals surface area contributed by atoms with Gasteiger partial charge in [0.25, 0.3) is 0 Å². The van der Waals surface area contributed by atoms with Crippen molar-refractivity contribution in [2.75, 3.05) is 11.9 Å². The van der Waals surface area contributed by atoms with Crippen LogP contribution in [0.3, 0.4) is 0 Å². The van der Waals surface area contributed by atoms with Gasteiger partial charge in [0.15, 0.2) is 0 Å². The van der Waals surface area contributed by atoms with Crippen LogP contribution in [0.4, 0.5) is 5.69 Å². The standard InChI is InChI=1S/C24H28N6O/c1-6-31-24-19(11-8-12-25-24)20-13-21(26-14-18-10-7-9-16(4)27-18)23-22(28-20)17(5)29-30(23)15(2)3/h7-13,15H,6,14H2,1-5H3,(H,26,28). The highest BCUT2D eigenvalue weighted by molar-refractivity contribution is 5.93. The van der Waals surface area contributed by atoms with Crippen LogP contribution in [0.2, 0.25) is 0 Å². The highest BCUT2D eigenvalue weighted by Crippen LogP contribution is 2.34. The van der Waals surface area contributed by atoms with E-state index in [2.05, 4.69) is 35.2 Å². The Morgan fingerprint density at radius 2 is 1.94 bits per heavy atom. The maximum absolute atomic E-state index is 5.76. The number of pyridine rings is 3. The third kappa shape index (κ3) is 4.21. The molecule has 7 heteroatoms. The minimum atomic E-state index is 0.207. The molecular weight excluding hydrogens is 388 g/mol. The van der Waals surface area contributed by atoms with Crippen molar-refractivity contribution in [3.05, 3.63) is 59.7 Å². The van der Waals surface area contributed by atoms with Crippen molar-refractivity contribution in [2.45, 2.75) is 47.2 Å². The Morgan fingerprint density at radius 3 is 2.68 bits per heavy atom. The molecule has 0 saturated heterocycles. The average Bonchev–Trinajstić information content (AvgIpc) is 3.10.